The average molecular weight is 410 g/mol. The molecule has 7 nitrogen and oxygen atoms in total. The van der Waals surface area contributed by atoms with Crippen LogP contribution in [0.15, 0.2) is 60.2 Å². The van der Waals surface area contributed by atoms with Gasteiger partial charge in [-0.15, -0.1) is 0 Å². The van der Waals surface area contributed by atoms with Gasteiger partial charge in [-0.25, -0.2) is 5.10 Å². The van der Waals surface area contributed by atoms with Crippen molar-refractivity contribution >= 4 is 18.4 Å². The van der Waals surface area contributed by atoms with Crippen molar-refractivity contribution < 1.29 is 14.2 Å². The molecule has 0 saturated heterocycles. The number of H-pyrrole nitrogens is 1. The second-order valence-corrected chi connectivity index (χ2v) is 6.23. The molecule has 0 spiro atoms. The number of hydrogen-bond donors (Lipinski definition) is 1. The molecule has 0 amide bonds. The number of aromatic amines is 1. The number of benzene rings is 2. The highest BCUT2D eigenvalue weighted by Gasteiger charge is 2.13. The number of nitrogens with zero attached hydrogens (tertiary/aromatic N) is 3. The van der Waals surface area contributed by atoms with Crippen LogP contribution >= 0.6 is 12.2 Å². The maximum absolute atomic E-state index is 5.70. The largest absolute Gasteiger partial charge is 0.493 e. The van der Waals surface area contributed by atoms with E-state index in [0.717, 1.165) is 11.1 Å². The number of nitrogens with one attached hydrogen (secondary N) is 1. The van der Waals surface area contributed by atoms with Crippen LogP contribution < -0.4 is 14.2 Å². The van der Waals surface area contributed by atoms with Crippen molar-refractivity contribution in [2.45, 2.75) is 6.92 Å². The van der Waals surface area contributed by atoms with Crippen molar-refractivity contribution in [3.05, 3.63) is 65.5 Å². The highest BCUT2D eigenvalue weighted by Crippen LogP contribution is 2.29. The summed E-state index contributed by atoms with van der Waals surface area (Å²) in [4.78, 5) is 0. The quantitative estimate of drug-likeness (QED) is 0.320. The normalized spacial score (nSPS) is 10.8. The van der Waals surface area contributed by atoms with Gasteiger partial charge < -0.3 is 14.2 Å². The molecule has 1 aromatic heterocycles. The monoisotopic (exact) mass is 410 g/mol. The van der Waals surface area contributed by atoms with Crippen molar-refractivity contribution in [2.75, 3.05) is 20.3 Å². The first kappa shape index (κ1) is 20.3. The molecule has 150 valence electrons. The summed E-state index contributed by atoms with van der Waals surface area (Å²) in [6.45, 7) is 6.53. The number of hydrogen-bond acceptors (Lipinski definition) is 6. The zero-order valence-corrected chi connectivity index (χ0v) is 17.1. The summed E-state index contributed by atoms with van der Waals surface area (Å²) in [5.41, 5.74) is 1.62. The Morgan fingerprint density at radius 2 is 2.00 bits per heavy atom. The summed E-state index contributed by atoms with van der Waals surface area (Å²) in [6.07, 6.45) is 3.36. The molecule has 0 atom stereocenters. The van der Waals surface area contributed by atoms with Gasteiger partial charge in [-0.2, -0.15) is 14.9 Å². The van der Waals surface area contributed by atoms with Gasteiger partial charge in [0.2, 0.25) is 4.77 Å². The second-order valence-electron chi connectivity index (χ2n) is 5.85. The first-order valence-electron chi connectivity index (χ1n) is 9.03. The molecule has 0 unspecified atom stereocenters. The Balaban J connectivity index is 1.94. The van der Waals surface area contributed by atoms with E-state index in [0.29, 0.717) is 41.1 Å². The SMILES string of the molecule is C=CCOc1ccc(/C=N\n2c(-c3ccccc3OCC)n[nH]c2=S)cc1OC. The molecule has 8 heteroatoms. The molecule has 3 rings (SSSR count). The third-order valence-corrected chi connectivity index (χ3v) is 4.21. The van der Waals surface area contributed by atoms with Gasteiger partial charge in [0.15, 0.2) is 17.3 Å². The average Bonchev–Trinajstić information content (AvgIpc) is 3.11. The highest BCUT2D eigenvalue weighted by atomic mass is 32.1. The molecule has 29 heavy (non-hydrogen) atoms. The van der Waals surface area contributed by atoms with Crippen LogP contribution in [-0.2, 0) is 0 Å². The third kappa shape index (κ3) is 4.72. The molecule has 0 aliphatic carbocycles. The van der Waals surface area contributed by atoms with Gasteiger partial charge in [0, 0.05) is 0 Å². The number of ether oxygens (including phenoxy) is 3. The maximum Gasteiger partial charge on any atom is 0.216 e. The lowest BCUT2D eigenvalue weighted by Gasteiger charge is -2.10. The summed E-state index contributed by atoms with van der Waals surface area (Å²) < 4.78 is 18.6. The van der Waals surface area contributed by atoms with Crippen LogP contribution in [-0.4, -0.2) is 41.4 Å². The summed E-state index contributed by atoms with van der Waals surface area (Å²) in [7, 11) is 1.59. The van der Waals surface area contributed by atoms with E-state index in [1.165, 1.54) is 0 Å². The van der Waals surface area contributed by atoms with Crippen LogP contribution in [0.5, 0.6) is 17.2 Å². The highest BCUT2D eigenvalue weighted by molar-refractivity contribution is 7.71. The number of methoxy groups -OCH3 is 1. The summed E-state index contributed by atoms with van der Waals surface area (Å²) >= 11 is 5.35. The molecule has 0 saturated carbocycles. The third-order valence-electron chi connectivity index (χ3n) is 3.94. The molecule has 0 radical (unpaired) electrons. The fraction of sp³-hybridized carbons (Fsp3) is 0.190. The molecule has 0 fully saturated rings. The topological polar surface area (TPSA) is 73.7 Å². The van der Waals surface area contributed by atoms with Crippen molar-refractivity contribution in [3.63, 3.8) is 0 Å². The predicted octanol–water partition coefficient (Wildman–Crippen LogP) is 4.46. The Morgan fingerprint density at radius 3 is 2.76 bits per heavy atom. The van der Waals surface area contributed by atoms with E-state index in [9.17, 15) is 0 Å². The van der Waals surface area contributed by atoms with Crippen LogP contribution in [0.4, 0.5) is 0 Å². The standard InChI is InChI=1S/C21H22N4O3S/c1-4-12-28-18-11-10-15(13-19(18)26-3)14-22-25-20(23-24-21(25)29)16-8-6-7-9-17(16)27-5-2/h4,6-11,13-14H,1,5,12H2,2-3H3,(H,24,29)/b22-14-. The zero-order chi connectivity index (χ0) is 20.6. The van der Waals surface area contributed by atoms with Crippen LogP contribution in [0.1, 0.15) is 12.5 Å². The predicted molar refractivity (Wildman–Crippen MR) is 116 cm³/mol. The van der Waals surface area contributed by atoms with E-state index in [1.807, 2.05) is 49.4 Å². The molecule has 1 heterocycles. The van der Waals surface area contributed by atoms with Gasteiger partial charge in [-0.3, -0.25) is 0 Å². The lowest BCUT2D eigenvalue weighted by Crippen LogP contribution is -1.99. The van der Waals surface area contributed by atoms with E-state index in [2.05, 4.69) is 21.9 Å². The molecule has 3 aromatic rings. The van der Waals surface area contributed by atoms with E-state index < -0.39 is 0 Å². The Kier molecular flexibility index (Phi) is 6.80. The zero-order valence-electron chi connectivity index (χ0n) is 16.3. The van der Waals surface area contributed by atoms with Gasteiger partial charge in [-0.1, -0.05) is 24.8 Å². The van der Waals surface area contributed by atoms with E-state index in [1.54, 1.807) is 24.1 Å². The van der Waals surface area contributed by atoms with Gasteiger partial charge in [-0.05, 0) is 55.0 Å². The van der Waals surface area contributed by atoms with Crippen molar-refractivity contribution in [1.82, 2.24) is 14.9 Å². The minimum atomic E-state index is 0.375. The van der Waals surface area contributed by atoms with Gasteiger partial charge in [0.25, 0.3) is 0 Å². The second kappa shape index (κ2) is 9.70. The minimum Gasteiger partial charge on any atom is -0.493 e. The van der Waals surface area contributed by atoms with E-state index in [4.69, 9.17) is 26.4 Å². The number of para-hydroxylation sites is 1. The summed E-state index contributed by atoms with van der Waals surface area (Å²) in [5, 5.41) is 11.6. The van der Waals surface area contributed by atoms with Crippen LogP contribution in [0.2, 0.25) is 0 Å². The molecule has 1 N–H and O–H groups in total. The first-order chi connectivity index (χ1) is 14.2. The van der Waals surface area contributed by atoms with E-state index >= 15 is 0 Å². The number of rotatable bonds is 9. The van der Waals surface area contributed by atoms with Crippen molar-refractivity contribution in [3.8, 4) is 28.6 Å². The smallest absolute Gasteiger partial charge is 0.216 e. The Morgan fingerprint density at radius 1 is 1.17 bits per heavy atom. The van der Waals surface area contributed by atoms with Crippen LogP contribution in [0.3, 0.4) is 0 Å². The Bertz CT molecular complexity index is 1070. The van der Waals surface area contributed by atoms with Crippen LogP contribution in [0, 0.1) is 4.77 Å². The molecule has 0 bridgehead atoms. The minimum absolute atomic E-state index is 0.375. The van der Waals surface area contributed by atoms with Gasteiger partial charge in [0.05, 0.1) is 25.5 Å². The molecule has 0 aliphatic rings. The molecule has 2 aromatic carbocycles. The molecule has 0 aliphatic heterocycles. The summed E-state index contributed by atoms with van der Waals surface area (Å²) in [5.74, 6) is 2.52. The van der Waals surface area contributed by atoms with Crippen molar-refractivity contribution in [1.29, 1.82) is 0 Å². The molecular formula is C21H22N4O3S. The number of aromatic nitrogens is 3. The lowest BCUT2D eigenvalue weighted by molar-refractivity contribution is 0.326. The fourth-order valence-electron chi connectivity index (χ4n) is 2.66. The van der Waals surface area contributed by atoms with Crippen LogP contribution in [0.25, 0.3) is 11.4 Å². The fourth-order valence-corrected chi connectivity index (χ4v) is 2.84. The van der Waals surface area contributed by atoms with Crippen molar-refractivity contribution in [2.24, 2.45) is 5.10 Å². The first-order valence-corrected chi connectivity index (χ1v) is 9.44. The van der Waals surface area contributed by atoms with E-state index in [-0.39, 0.29) is 0 Å². The molecular weight excluding hydrogens is 388 g/mol. The van der Waals surface area contributed by atoms with Gasteiger partial charge in [0.1, 0.15) is 12.4 Å². The Hall–Kier alpha value is -3.39. The van der Waals surface area contributed by atoms with Gasteiger partial charge >= 0.3 is 0 Å². The maximum atomic E-state index is 5.70. The lowest BCUT2D eigenvalue weighted by atomic mass is 10.2. The summed E-state index contributed by atoms with van der Waals surface area (Å²) in [6, 6.07) is 13.2. The Labute approximate surface area is 174 Å².